The molecule has 0 aliphatic heterocycles. The third-order valence-electron chi connectivity index (χ3n) is 2.86. The monoisotopic (exact) mass is 284 g/mol. The standard InChI is InChI=1S/C12H17ClN4O2/c1-8-5-9(7-19-8)11(16-14)12-10(13)6-15-17(12)3-4-18-2/h5-7,11,16H,3-4,14H2,1-2H3. The Hall–Kier alpha value is -1.34. The highest BCUT2D eigenvalue weighted by atomic mass is 35.5. The summed E-state index contributed by atoms with van der Waals surface area (Å²) in [6.45, 7) is 3.03. The summed E-state index contributed by atoms with van der Waals surface area (Å²) in [6.07, 6.45) is 3.26. The van der Waals surface area contributed by atoms with Crippen molar-refractivity contribution in [1.29, 1.82) is 0 Å². The second kappa shape index (κ2) is 6.21. The van der Waals surface area contributed by atoms with Gasteiger partial charge in [-0.05, 0) is 13.0 Å². The Morgan fingerprint density at radius 3 is 3.00 bits per heavy atom. The summed E-state index contributed by atoms with van der Waals surface area (Å²) < 4.78 is 12.1. The summed E-state index contributed by atoms with van der Waals surface area (Å²) in [5.41, 5.74) is 4.44. The quantitative estimate of drug-likeness (QED) is 0.623. The van der Waals surface area contributed by atoms with Gasteiger partial charge in [-0.15, -0.1) is 0 Å². The molecule has 2 aromatic rings. The second-order valence-electron chi connectivity index (χ2n) is 4.18. The maximum atomic E-state index is 6.20. The maximum absolute atomic E-state index is 6.20. The Kier molecular flexibility index (Phi) is 4.60. The van der Waals surface area contributed by atoms with Crippen molar-refractivity contribution in [1.82, 2.24) is 15.2 Å². The number of nitrogens with zero attached hydrogens (tertiary/aromatic N) is 2. The average Bonchev–Trinajstić information content (AvgIpc) is 2.97. The molecule has 6 nitrogen and oxygen atoms in total. The van der Waals surface area contributed by atoms with E-state index in [1.165, 1.54) is 0 Å². The van der Waals surface area contributed by atoms with Crippen LogP contribution in [0.4, 0.5) is 0 Å². The molecule has 19 heavy (non-hydrogen) atoms. The van der Waals surface area contributed by atoms with Crippen LogP contribution in [-0.4, -0.2) is 23.5 Å². The van der Waals surface area contributed by atoms with Gasteiger partial charge in [0.25, 0.3) is 0 Å². The van der Waals surface area contributed by atoms with Gasteiger partial charge in [-0.1, -0.05) is 11.6 Å². The smallest absolute Gasteiger partial charge is 0.101 e. The summed E-state index contributed by atoms with van der Waals surface area (Å²) in [7, 11) is 1.64. The van der Waals surface area contributed by atoms with Crippen LogP contribution in [0.15, 0.2) is 22.9 Å². The fourth-order valence-electron chi connectivity index (χ4n) is 1.96. The molecule has 104 valence electrons. The van der Waals surface area contributed by atoms with Gasteiger partial charge < -0.3 is 9.15 Å². The van der Waals surface area contributed by atoms with Crippen molar-refractivity contribution < 1.29 is 9.15 Å². The highest BCUT2D eigenvalue weighted by molar-refractivity contribution is 6.31. The van der Waals surface area contributed by atoms with E-state index in [0.717, 1.165) is 17.0 Å². The van der Waals surface area contributed by atoms with Gasteiger partial charge >= 0.3 is 0 Å². The molecule has 7 heteroatoms. The van der Waals surface area contributed by atoms with E-state index in [-0.39, 0.29) is 6.04 Å². The van der Waals surface area contributed by atoms with E-state index in [9.17, 15) is 0 Å². The molecule has 0 fully saturated rings. The minimum Gasteiger partial charge on any atom is -0.469 e. The number of hydrogen-bond acceptors (Lipinski definition) is 5. The van der Waals surface area contributed by atoms with Crippen molar-refractivity contribution in [3.63, 3.8) is 0 Å². The number of methoxy groups -OCH3 is 1. The maximum Gasteiger partial charge on any atom is 0.101 e. The third kappa shape index (κ3) is 2.98. The van der Waals surface area contributed by atoms with Gasteiger partial charge in [0.1, 0.15) is 5.76 Å². The number of nitrogens with one attached hydrogen (secondary N) is 1. The van der Waals surface area contributed by atoms with Gasteiger partial charge in [0.15, 0.2) is 0 Å². The van der Waals surface area contributed by atoms with E-state index >= 15 is 0 Å². The van der Waals surface area contributed by atoms with E-state index in [4.69, 9.17) is 26.6 Å². The topological polar surface area (TPSA) is 78.2 Å². The highest BCUT2D eigenvalue weighted by Crippen LogP contribution is 2.28. The Bertz CT molecular complexity index is 538. The fourth-order valence-corrected chi connectivity index (χ4v) is 2.21. The van der Waals surface area contributed by atoms with Crippen LogP contribution in [0.3, 0.4) is 0 Å². The summed E-state index contributed by atoms with van der Waals surface area (Å²) in [5, 5.41) is 4.79. The van der Waals surface area contributed by atoms with Crippen LogP contribution in [0.2, 0.25) is 5.02 Å². The van der Waals surface area contributed by atoms with Gasteiger partial charge in [0.2, 0.25) is 0 Å². The van der Waals surface area contributed by atoms with Crippen molar-refractivity contribution in [2.45, 2.75) is 19.5 Å². The molecule has 2 aromatic heterocycles. The lowest BCUT2D eigenvalue weighted by molar-refractivity contribution is 0.182. The molecule has 0 spiro atoms. The minimum absolute atomic E-state index is 0.274. The first kappa shape index (κ1) is 14.1. The van der Waals surface area contributed by atoms with Crippen LogP contribution < -0.4 is 11.3 Å². The predicted molar refractivity (Wildman–Crippen MR) is 71.7 cm³/mol. The number of furan rings is 1. The van der Waals surface area contributed by atoms with Crippen molar-refractivity contribution in [3.8, 4) is 0 Å². The second-order valence-corrected chi connectivity index (χ2v) is 4.59. The van der Waals surface area contributed by atoms with Crippen molar-refractivity contribution in [2.24, 2.45) is 5.84 Å². The summed E-state index contributed by atoms with van der Waals surface area (Å²) in [5.74, 6) is 6.46. The molecule has 0 amide bonds. The lowest BCUT2D eigenvalue weighted by atomic mass is 10.1. The Balaban J connectivity index is 2.34. The predicted octanol–water partition coefficient (Wildman–Crippen LogP) is 1.64. The molecule has 1 unspecified atom stereocenters. The zero-order valence-corrected chi connectivity index (χ0v) is 11.6. The lowest BCUT2D eigenvalue weighted by Gasteiger charge is -2.17. The summed E-state index contributed by atoms with van der Waals surface area (Å²) in [6, 6.07) is 1.64. The van der Waals surface area contributed by atoms with E-state index in [2.05, 4.69) is 10.5 Å². The van der Waals surface area contributed by atoms with Gasteiger partial charge in [0, 0.05) is 12.7 Å². The van der Waals surface area contributed by atoms with Gasteiger partial charge in [-0.25, -0.2) is 5.43 Å². The van der Waals surface area contributed by atoms with E-state index in [0.29, 0.717) is 18.2 Å². The molecular formula is C12H17ClN4O2. The molecule has 0 aromatic carbocycles. The summed E-state index contributed by atoms with van der Waals surface area (Å²) >= 11 is 6.20. The number of aromatic nitrogens is 2. The number of nitrogens with two attached hydrogens (primary N) is 1. The van der Waals surface area contributed by atoms with Crippen molar-refractivity contribution >= 4 is 11.6 Å². The van der Waals surface area contributed by atoms with E-state index in [1.807, 2.05) is 13.0 Å². The largest absolute Gasteiger partial charge is 0.469 e. The molecule has 0 radical (unpaired) electrons. The molecule has 1 atom stereocenters. The molecule has 0 saturated carbocycles. The number of halogens is 1. The Morgan fingerprint density at radius 1 is 1.63 bits per heavy atom. The van der Waals surface area contributed by atoms with Gasteiger partial charge in [-0.3, -0.25) is 10.5 Å². The molecule has 3 N–H and O–H groups in total. The molecular weight excluding hydrogens is 268 g/mol. The summed E-state index contributed by atoms with van der Waals surface area (Å²) in [4.78, 5) is 0. The average molecular weight is 285 g/mol. The minimum atomic E-state index is -0.274. The normalized spacial score (nSPS) is 12.8. The van der Waals surface area contributed by atoms with Gasteiger partial charge in [0.05, 0.1) is 42.4 Å². The first-order chi connectivity index (χ1) is 9.17. The van der Waals surface area contributed by atoms with Crippen molar-refractivity contribution in [2.75, 3.05) is 13.7 Å². The van der Waals surface area contributed by atoms with Crippen LogP contribution in [0.25, 0.3) is 0 Å². The molecule has 0 bridgehead atoms. The third-order valence-corrected chi connectivity index (χ3v) is 3.16. The molecule has 2 heterocycles. The molecule has 0 saturated heterocycles. The zero-order valence-electron chi connectivity index (χ0n) is 10.9. The molecule has 0 aliphatic carbocycles. The fraction of sp³-hybridized carbons (Fsp3) is 0.417. The van der Waals surface area contributed by atoms with Crippen LogP contribution in [0.1, 0.15) is 23.1 Å². The zero-order chi connectivity index (χ0) is 13.8. The lowest BCUT2D eigenvalue weighted by Crippen LogP contribution is -2.31. The first-order valence-electron chi connectivity index (χ1n) is 5.88. The van der Waals surface area contributed by atoms with Crippen molar-refractivity contribution in [3.05, 3.63) is 40.6 Å². The van der Waals surface area contributed by atoms with Crippen LogP contribution in [-0.2, 0) is 11.3 Å². The number of hydrazine groups is 1. The number of hydrogen-bond donors (Lipinski definition) is 2. The highest BCUT2D eigenvalue weighted by Gasteiger charge is 2.22. The van der Waals surface area contributed by atoms with E-state index in [1.54, 1.807) is 24.3 Å². The van der Waals surface area contributed by atoms with E-state index < -0.39 is 0 Å². The number of rotatable bonds is 6. The molecule has 0 aliphatic rings. The van der Waals surface area contributed by atoms with Gasteiger partial charge in [-0.2, -0.15) is 5.10 Å². The Labute approximate surface area is 116 Å². The van der Waals surface area contributed by atoms with Crippen LogP contribution in [0, 0.1) is 6.92 Å². The Morgan fingerprint density at radius 2 is 2.42 bits per heavy atom. The number of aryl methyl sites for hydroxylation is 1. The van der Waals surface area contributed by atoms with Crippen LogP contribution in [0.5, 0.6) is 0 Å². The SMILES string of the molecule is COCCn1ncc(Cl)c1C(NN)c1coc(C)c1. The van der Waals surface area contributed by atoms with Crippen LogP contribution >= 0.6 is 11.6 Å². The molecule has 2 rings (SSSR count). The number of ether oxygens (including phenoxy) is 1. The first-order valence-corrected chi connectivity index (χ1v) is 6.26.